The predicted octanol–water partition coefficient (Wildman–Crippen LogP) is 3.48. The number of rotatable bonds is 2. The molecule has 2 aliphatic rings. The Bertz CT molecular complexity index is 553. The van der Waals surface area contributed by atoms with Gasteiger partial charge < -0.3 is 0 Å². The molecule has 1 heterocycles. The van der Waals surface area contributed by atoms with E-state index in [1.807, 2.05) is 5.41 Å². The van der Waals surface area contributed by atoms with Gasteiger partial charge in [0.25, 0.3) is 0 Å². The first kappa shape index (κ1) is 12.9. The van der Waals surface area contributed by atoms with Crippen molar-refractivity contribution in [3.8, 4) is 0 Å². The summed E-state index contributed by atoms with van der Waals surface area (Å²) in [4.78, 5) is 21.0. The number of aromatic nitrogens is 2. The van der Waals surface area contributed by atoms with Crippen LogP contribution >= 0.6 is 11.8 Å². The summed E-state index contributed by atoms with van der Waals surface area (Å²) in [6.07, 6.45) is 5.59. The monoisotopic (exact) mass is 274 g/mol. The standard InChI is InChI=1S/C15H18N2OS/c1-14(2)11-5-6-15(14,3)12(18)10(11)9-19-13-16-7-4-8-17-13/h4,7-9,11H,5-6H2,1-3H3/b10-9-/t11-,15+/m1/s1. The van der Waals surface area contributed by atoms with Gasteiger partial charge in [-0.1, -0.05) is 32.5 Å². The van der Waals surface area contributed by atoms with Crippen molar-refractivity contribution >= 4 is 17.5 Å². The van der Waals surface area contributed by atoms with Crippen molar-refractivity contribution in [2.24, 2.45) is 16.7 Å². The van der Waals surface area contributed by atoms with Crippen LogP contribution in [0.25, 0.3) is 0 Å². The van der Waals surface area contributed by atoms with E-state index in [1.54, 1.807) is 18.5 Å². The molecule has 2 aliphatic carbocycles. The van der Waals surface area contributed by atoms with Crippen molar-refractivity contribution in [1.82, 2.24) is 9.97 Å². The highest BCUT2D eigenvalue weighted by Crippen LogP contribution is 2.65. The van der Waals surface area contributed by atoms with Crippen molar-refractivity contribution < 1.29 is 4.79 Å². The summed E-state index contributed by atoms with van der Waals surface area (Å²) in [6, 6.07) is 1.80. The number of allylic oxidation sites excluding steroid dienone is 1. The molecule has 19 heavy (non-hydrogen) atoms. The number of nitrogens with zero attached hydrogens (tertiary/aromatic N) is 2. The Balaban J connectivity index is 1.89. The van der Waals surface area contributed by atoms with Crippen molar-refractivity contribution in [3.05, 3.63) is 29.4 Å². The zero-order chi connectivity index (χ0) is 13.7. The van der Waals surface area contributed by atoms with Gasteiger partial charge in [0.15, 0.2) is 10.9 Å². The molecular weight excluding hydrogens is 256 g/mol. The number of ketones is 1. The minimum Gasteiger partial charge on any atom is -0.294 e. The summed E-state index contributed by atoms with van der Waals surface area (Å²) in [7, 11) is 0. The third-order valence-corrected chi connectivity index (χ3v) is 5.99. The number of hydrogen-bond acceptors (Lipinski definition) is 4. The molecule has 0 aliphatic heterocycles. The van der Waals surface area contributed by atoms with Crippen molar-refractivity contribution in [2.75, 3.05) is 0 Å². The zero-order valence-electron chi connectivity index (χ0n) is 11.5. The van der Waals surface area contributed by atoms with E-state index in [9.17, 15) is 4.79 Å². The van der Waals surface area contributed by atoms with E-state index in [4.69, 9.17) is 0 Å². The Morgan fingerprint density at radius 3 is 2.58 bits per heavy atom. The first-order valence-electron chi connectivity index (χ1n) is 6.65. The molecule has 4 heteroatoms. The lowest BCUT2D eigenvalue weighted by Crippen LogP contribution is -2.32. The van der Waals surface area contributed by atoms with Gasteiger partial charge in [-0.15, -0.1) is 0 Å². The van der Waals surface area contributed by atoms with Crippen LogP contribution in [0.4, 0.5) is 0 Å². The van der Waals surface area contributed by atoms with Crippen LogP contribution in [-0.2, 0) is 4.79 Å². The Labute approximate surface area is 117 Å². The lowest BCUT2D eigenvalue weighted by atomic mass is 9.70. The topological polar surface area (TPSA) is 42.9 Å². The summed E-state index contributed by atoms with van der Waals surface area (Å²) in [5.74, 6) is 0.721. The van der Waals surface area contributed by atoms with E-state index in [-0.39, 0.29) is 10.8 Å². The van der Waals surface area contributed by atoms with Crippen LogP contribution in [0.1, 0.15) is 33.6 Å². The van der Waals surface area contributed by atoms with E-state index < -0.39 is 0 Å². The van der Waals surface area contributed by atoms with Gasteiger partial charge >= 0.3 is 0 Å². The molecule has 0 saturated heterocycles. The lowest BCUT2D eigenvalue weighted by molar-refractivity contribution is -0.125. The fraction of sp³-hybridized carbons (Fsp3) is 0.533. The van der Waals surface area contributed by atoms with Crippen LogP contribution in [0.3, 0.4) is 0 Å². The van der Waals surface area contributed by atoms with Crippen LogP contribution in [0.15, 0.2) is 34.6 Å². The van der Waals surface area contributed by atoms with Crippen LogP contribution in [0, 0.1) is 16.7 Å². The number of carbonyl (C=O) groups is 1. The molecule has 0 spiro atoms. The molecule has 1 aromatic rings. The summed E-state index contributed by atoms with van der Waals surface area (Å²) in [6.45, 7) is 6.58. The quantitative estimate of drug-likeness (QED) is 0.470. The number of hydrogen-bond donors (Lipinski definition) is 0. The lowest BCUT2D eigenvalue weighted by Gasteiger charge is -2.31. The van der Waals surface area contributed by atoms with Gasteiger partial charge in [0.1, 0.15) is 0 Å². The minimum absolute atomic E-state index is 0.0774. The van der Waals surface area contributed by atoms with Crippen LogP contribution in [0.2, 0.25) is 0 Å². The summed E-state index contributed by atoms with van der Waals surface area (Å²) in [5.41, 5.74) is 0.881. The Morgan fingerprint density at radius 2 is 2.00 bits per heavy atom. The van der Waals surface area contributed by atoms with Gasteiger partial charge in [0, 0.05) is 23.4 Å². The fourth-order valence-corrected chi connectivity index (χ4v) is 4.27. The van der Waals surface area contributed by atoms with Crippen molar-refractivity contribution in [1.29, 1.82) is 0 Å². The van der Waals surface area contributed by atoms with Crippen LogP contribution in [0.5, 0.6) is 0 Å². The number of thioether (sulfide) groups is 1. The molecule has 0 aromatic carbocycles. The zero-order valence-corrected chi connectivity index (χ0v) is 12.3. The Morgan fingerprint density at radius 1 is 1.32 bits per heavy atom. The van der Waals surface area contributed by atoms with Gasteiger partial charge in [-0.25, -0.2) is 9.97 Å². The molecule has 3 rings (SSSR count). The Hall–Kier alpha value is -1.16. The molecule has 0 radical (unpaired) electrons. The number of carbonyl (C=O) groups excluding carboxylic acids is 1. The van der Waals surface area contributed by atoms with E-state index in [0.29, 0.717) is 16.9 Å². The molecule has 0 N–H and O–H groups in total. The molecule has 100 valence electrons. The highest BCUT2D eigenvalue weighted by Gasteiger charge is 2.63. The van der Waals surface area contributed by atoms with E-state index in [0.717, 1.165) is 18.4 Å². The van der Waals surface area contributed by atoms with Crippen molar-refractivity contribution in [2.45, 2.75) is 38.8 Å². The summed E-state index contributed by atoms with van der Waals surface area (Å²) < 4.78 is 0. The fourth-order valence-electron chi connectivity index (χ4n) is 3.53. The predicted molar refractivity (Wildman–Crippen MR) is 75.6 cm³/mol. The molecule has 2 fully saturated rings. The molecule has 2 atom stereocenters. The SMILES string of the molecule is CC1(C)[C@@H]2CC[C@@]1(C)C(=O)/C2=C\Sc1ncccn1. The largest absolute Gasteiger partial charge is 0.294 e. The van der Waals surface area contributed by atoms with E-state index in [2.05, 4.69) is 30.7 Å². The van der Waals surface area contributed by atoms with Gasteiger partial charge in [-0.2, -0.15) is 0 Å². The van der Waals surface area contributed by atoms with Crippen LogP contribution < -0.4 is 0 Å². The molecule has 0 amide bonds. The third kappa shape index (κ3) is 1.69. The van der Waals surface area contributed by atoms with Gasteiger partial charge in [0.05, 0.1) is 0 Å². The van der Waals surface area contributed by atoms with E-state index in [1.165, 1.54) is 11.8 Å². The minimum atomic E-state index is -0.179. The van der Waals surface area contributed by atoms with Gasteiger partial charge in [-0.3, -0.25) is 4.79 Å². The molecule has 3 nitrogen and oxygen atoms in total. The highest BCUT2D eigenvalue weighted by molar-refractivity contribution is 8.02. The maximum Gasteiger partial charge on any atom is 0.191 e. The first-order chi connectivity index (χ1) is 8.97. The van der Waals surface area contributed by atoms with Gasteiger partial charge in [0.2, 0.25) is 0 Å². The van der Waals surface area contributed by atoms with Gasteiger partial charge in [-0.05, 0) is 35.6 Å². The molecule has 2 saturated carbocycles. The number of Topliss-reactive ketones (excluding diaryl/α,β-unsaturated/α-hetero) is 1. The first-order valence-corrected chi connectivity index (χ1v) is 7.53. The summed E-state index contributed by atoms with van der Waals surface area (Å²) in [5, 5.41) is 2.68. The second-order valence-corrected chi connectivity index (χ2v) is 7.03. The average molecular weight is 274 g/mol. The maximum atomic E-state index is 12.6. The van der Waals surface area contributed by atoms with Crippen molar-refractivity contribution in [3.63, 3.8) is 0 Å². The maximum absolute atomic E-state index is 12.6. The average Bonchev–Trinajstić information content (AvgIpc) is 2.70. The Kier molecular flexibility index (Phi) is 2.82. The molecule has 0 unspecified atom stereocenters. The molecule has 2 bridgehead atoms. The smallest absolute Gasteiger partial charge is 0.191 e. The second kappa shape index (κ2) is 4.17. The van der Waals surface area contributed by atoms with E-state index >= 15 is 0 Å². The number of fused-ring (bicyclic) bond motifs is 2. The summed E-state index contributed by atoms with van der Waals surface area (Å²) >= 11 is 1.46. The normalized spacial score (nSPS) is 34.2. The second-order valence-electron chi connectivity index (χ2n) is 6.20. The highest BCUT2D eigenvalue weighted by atomic mass is 32.2. The third-order valence-electron chi connectivity index (χ3n) is 5.20. The van der Waals surface area contributed by atoms with Crippen LogP contribution in [-0.4, -0.2) is 15.8 Å². The molecule has 1 aromatic heterocycles. The molecular formula is C15H18N2OS.